The fourth-order valence-corrected chi connectivity index (χ4v) is 3.14. The van der Waals surface area contributed by atoms with E-state index in [1.807, 2.05) is 0 Å². The summed E-state index contributed by atoms with van der Waals surface area (Å²) in [7, 11) is 0. The van der Waals surface area contributed by atoms with Crippen molar-refractivity contribution in [3.05, 3.63) is 59.6 Å². The highest BCUT2D eigenvalue weighted by molar-refractivity contribution is 5.96. The molecule has 132 valence electrons. The van der Waals surface area contributed by atoms with E-state index in [-0.39, 0.29) is 23.5 Å². The van der Waals surface area contributed by atoms with Gasteiger partial charge in [0.15, 0.2) is 6.04 Å². The maximum absolute atomic E-state index is 13.9. The van der Waals surface area contributed by atoms with Crippen molar-refractivity contribution in [2.45, 2.75) is 12.5 Å². The minimum atomic E-state index is -1.18. The van der Waals surface area contributed by atoms with Crippen LogP contribution < -0.4 is 0 Å². The summed E-state index contributed by atoms with van der Waals surface area (Å²) >= 11 is 0. The molecular formula is C17H14FN5O3. The Hall–Kier alpha value is -3.49. The first-order valence-electron chi connectivity index (χ1n) is 7.92. The van der Waals surface area contributed by atoms with Gasteiger partial charge in [-0.2, -0.15) is 5.10 Å². The molecule has 1 aliphatic heterocycles. The van der Waals surface area contributed by atoms with Gasteiger partial charge in [-0.05, 0) is 18.2 Å². The Morgan fingerprint density at radius 1 is 1.31 bits per heavy atom. The number of rotatable bonds is 3. The number of carbonyl (C=O) groups excluding carboxylic acids is 1. The number of imidazole rings is 1. The number of carboxylic acid groups (broad SMARTS) is 1. The largest absolute Gasteiger partial charge is 0.479 e. The molecule has 1 aliphatic rings. The molecular weight excluding hydrogens is 341 g/mol. The number of carbonyl (C=O) groups is 2. The van der Waals surface area contributed by atoms with Gasteiger partial charge in [0.2, 0.25) is 0 Å². The number of amides is 1. The molecule has 0 unspecified atom stereocenters. The Morgan fingerprint density at radius 3 is 2.88 bits per heavy atom. The van der Waals surface area contributed by atoms with E-state index in [9.17, 15) is 19.1 Å². The second-order valence-electron chi connectivity index (χ2n) is 5.90. The second-order valence-corrected chi connectivity index (χ2v) is 5.90. The summed E-state index contributed by atoms with van der Waals surface area (Å²) in [4.78, 5) is 32.7. The Labute approximate surface area is 146 Å². The van der Waals surface area contributed by atoms with E-state index >= 15 is 0 Å². The average Bonchev–Trinajstić information content (AvgIpc) is 3.29. The summed E-state index contributed by atoms with van der Waals surface area (Å²) in [5, 5.41) is 16.1. The van der Waals surface area contributed by atoms with E-state index in [1.165, 1.54) is 23.4 Å². The monoisotopic (exact) mass is 355 g/mol. The zero-order chi connectivity index (χ0) is 18.3. The van der Waals surface area contributed by atoms with Gasteiger partial charge in [0, 0.05) is 24.2 Å². The first-order chi connectivity index (χ1) is 12.6. The third-order valence-corrected chi connectivity index (χ3v) is 4.38. The molecule has 1 atom stereocenters. The lowest BCUT2D eigenvalue weighted by Gasteiger charge is -2.31. The quantitative estimate of drug-likeness (QED) is 0.662. The van der Waals surface area contributed by atoms with Crippen molar-refractivity contribution in [2.75, 3.05) is 6.54 Å². The zero-order valence-corrected chi connectivity index (χ0v) is 13.4. The molecule has 3 N–H and O–H groups in total. The number of nitrogens with one attached hydrogen (secondary N) is 2. The molecule has 3 heterocycles. The molecule has 2 aromatic heterocycles. The van der Waals surface area contributed by atoms with Gasteiger partial charge in [0.1, 0.15) is 11.5 Å². The molecule has 1 amide bonds. The molecule has 0 saturated carbocycles. The van der Waals surface area contributed by atoms with Crippen molar-refractivity contribution < 1.29 is 19.1 Å². The predicted molar refractivity (Wildman–Crippen MR) is 87.7 cm³/mol. The maximum Gasteiger partial charge on any atom is 0.332 e. The number of benzene rings is 1. The SMILES string of the molecule is O=C(O)[C@@H]1c2nc[nH]c2CCN1C(=O)c1cc(-c2ccccc2F)n[nH]1. The Bertz CT molecular complexity index is 996. The summed E-state index contributed by atoms with van der Waals surface area (Å²) in [6, 6.07) is 6.31. The van der Waals surface area contributed by atoms with Crippen molar-refractivity contribution in [3.8, 4) is 11.3 Å². The fraction of sp³-hybridized carbons (Fsp3) is 0.176. The van der Waals surface area contributed by atoms with Crippen molar-refractivity contribution in [2.24, 2.45) is 0 Å². The number of aromatic nitrogens is 4. The van der Waals surface area contributed by atoms with Gasteiger partial charge >= 0.3 is 5.97 Å². The third kappa shape index (κ3) is 2.53. The minimum Gasteiger partial charge on any atom is -0.479 e. The van der Waals surface area contributed by atoms with Crippen molar-refractivity contribution in [1.82, 2.24) is 25.1 Å². The van der Waals surface area contributed by atoms with Crippen LogP contribution in [-0.4, -0.2) is 48.6 Å². The molecule has 9 heteroatoms. The first-order valence-corrected chi connectivity index (χ1v) is 7.92. The summed E-state index contributed by atoms with van der Waals surface area (Å²) in [5.41, 5.74) is 1.65. The molecule has 0 aliphatic carbocycles. The third-order valence-electron chi connectivity index (χ3n) is 4.38. The highest BCUT2D eigenvalue weighted by atomic mass is 19.1. The van der Waals surface area contributed by atoms with Crippen LogP contribution in [-0.2, 0) is 11.2 Å². The molecule has 0 spiro atoms. The van der Waals surface area contributed by atoms with Crippen molar-refractivity contribution >= 4 is 11.9 Å². The van der Waals surface area contributed by atoms with Gasteiger partial charge in [0.25, 0.3) is 5.91 Å². The number of hydrogen-bond donors (Lipinski definition) is 3. The summed E-state index contributed by atoms with van der Waals surface area (Å²) in [6.07, 6.45) is 1.89. The van der Waals surface area contributed by atoms with Gasteiger partial charge < -0.3 is 15.0 Å². The Kier molecular flexibility index (Phi) is 3.76. The van der Waals surface area contributed by atoms with Crippen molar-refractivity contribution in [1.29, 1.82) is 0 Å². The summed E-state index contributed by atoms with van der Waals surface area (Å²) in [5.74, 6) is -2.15. The minimum absolute atomic E-state index is 0.0912. The van der Waals surface area contributed by atoms with Crippen LogP contribution in [0.1, 0.15) is 27.9 Å². The van der Waals surface area contributed by atoms with E-state index in [0.29, 0.717) is 17.8 Å². The lowest BCUT2D eigenvalue weighted by molar-refractivity contribution is -0.143. The van der Waals surface area contributed by atoms with Crippen LogP contribution in [0.5, 0.6) is 0 Å². The van der Waals surface area contributed by atoms with E-state index in [1.54, 1.807) is 18.2 Å². The van der Waals surface area contributed by atoms with Crippen LogP contribution in [0.15, 0.2) is 36.7 Å². The number of aromatic amines is 2. The van der Waals surface area contributed by atoms with Crippen LogP contribution in [0.4, 0.5) is 4.39 Å². The second kappa shape index (κ2) is 6.10. The van der Waals surface area contributed by atoms with Gasteiger partial charge in [0.05, 0.1) is 17.7 Å². The van der Waals surface area contributed by atoms with E-state index < -0.39 is 23.7 Å². The van der Waals surface area contributed by atoms with Crippen molar-refractivity contribution in [3.63, 3.8) is 0 Å². The van der Waals surface area contributed by atoms with Crippen LogP contribution in [0.2, 0.25) is 0 Å². The summed E-state index contributed by atoms with van der Waals surface area (Å²) in [6.45, 7) is 0.221. The zero-order valence-electron chi connectivity index (χ0n) is 13.4. The van der Waals surface area contributed by atoms with Gasteiger partial charge in [-0.25, -0.2) is 14.2 Å². The molecule has 0 saturated heterocycles. The topological polar surface area (TPSA) is 115 Å². The van der Waals surface area contributed by atoms with Crippen LogP contribution in [0.3, 0.4) is 0 Å². The number of aliphatic carboxylic acids is 1. The molecule has 26 heavy (non-hydrogen) atoms. The maximum atomic E-state index is 13.9. The smallest absolute Gasteiger partial charge is 0.332 e. The predicted octanol–water partition coefficient (Wildman–Crippen LogP) is 1.76. The molecule has 1 aromatic carbocycles. The molecule has 3 aromatic rings. The highest BCUT2D eigenvalue weighted by Gasteiger charge is 2.38. The van der Waals surface area contributed by atoms with E-state index in [0.717, 1.165) is 0 Å². The molecule has 0 radical (unpaired) electrons. The Morgan fingerprint density at radius 2 is 2.12 bits per heavy atom. The van der Waals surface area contributed by atoms with Crippen LogP contribution in [0.25, 0.3) is 11.3 Å². The standard InChI is InChI=1S/C17H14FN5O3/c18-10-4-2-1-3-9(10)12-7-13(22-21-12)16(24)23-6-5-11-14(20-8-19-11)15(23)17(25)26/h1-4,7-8,15H,5-6H2,(H,19,20)(H,21,22)(H,25,26)/t15-/m0/s1. The number of fused-ring (bicyclic) bond motifs is 1. The van der Waals surface area contributed by atoms with Crippen LogP contribution in [0, 0.1) is 5.82 Å². The van der Waals surface area contributed by atoms with E-state index in [2.05, 4.69) is 20.2 Å². The lowest BCUT2D eigenvalue weighted by atomic mass is 10.0. The van der Waals surface area contributed by atoms with Gasteiger partial charge in [-0.15, -0.1) is 0 Å². The fourth-order valence-electron chi connectivity index (χ4n) is 3.14. The number of halogens is 1. The molecule has 0 bridgehead atoms. The molecule has 0 fully saturated rings. The van der Waals surface area contributed by atoms with Gasteiger partial charge in [-0.3, -0.25) is 9.89 Å². The number of hydrogen-bond acceptors (Lipinski definition) is 4. The Balaban J connectivity index is 1.66. The van der Waals surface area contributed by atoms with Crippen LogP contribution >= 0.6 is 0 Å². The normalized spacial score (nSPS) is 16.3. The number of carboxylic acids is 1. The van der Waals surface area contributed by atoms with E-state index in [4.69, 9.17) is 0 Å². The first kappa shape index (κ1) is 16.0. The number of H-pyrrole nitrogens is 2. The summed E-state index contributed by atoms with van der Waals surface area (Å²) < 4.78 is 13.9. The molecule has 8 nitrogen and oxygen atoms in total. The highest BCUT2D eigenvalue weighted by Crippen LogP contribution is 2.29. The average molecular weight is 355 g/mol. The number of nitrogens with zero attached hydrogens (tertiary/aromatic N) is 3. The lowest BCUT2D eigenvalue weighted by Crippen LogP contribution is -2.43. The van der Waals surface area contributed by atoms with Gasteiger partial charge in [-0.1, -0.05) is 12.1 Å². The molecule has 4 rings (SSSR count).